The smallest absolute Gasteiger partial charge is 0.243 e. The van der Waals surface area contributed by atoms with Gasteiger partial charge in [-0.2, -0.15) is 0 Å². The number of allylic oxidation sites excluding steroid dienone is 1. The zero-order chi connectivity index (χ0) is 12.8. The Morgan fingerprint density at radius 1 is 1.59 bits per heavy atom. The summed E-state index contributed by atoms with van der Waals surface area (Å²) in [6.45, 7) is 5.04. The van der Waals surface area contributed by atoms with Gasteiger partial charge in [-0.15, -0.1) is 0 Å². The Hall–Kier alpha value is -1.20. The molecule has 17 heavy (non-hydrogen) atoms. The summed E-state index contributed by atoms with van der Waals surface area (Å²) in [5.74, 6) is -0.409. The van der Waals surface area contributed by atoms with E-state index in [9.17, 15) is 9.59 Å². The van der Waals surface area contributed by atoms with Crippen LogP contribution in [0.3, 0.4) is 0 Å². The molecule has 1 heterocycles. The SMILES string of the molecule is C/C=C(\C)CN(COC)C1CCC(=O)NC1=O. The lowest BCUT2D eigenvalue weighted by atomic mass is 10.0. The molecule has 1 atom stereocenters. The van der Waals surface area contributed by atoms with Crippen molar-refractivity contribution in [3.63, 3.8) is 0 Å². The van der Waals surface area contributed by atoms with Gasteiger partial charge in [-0.3, -0.25) is 19.8 Å². The third-order valence-corrected chi connectivity index (χ3v) is 2.89. The van der Waals surface area contributed by atoms with E-state index in [1.54, 1.807) is 7.11 Å². The minimum atomic E-state index is -0.275. The molecule has 5 heteroatoms. The molecule has 0 bridgehead atoms. The predicted molar refractivity (Wildman–Crippen MR) is 64.2 cm³/mol. The third-order valence-electron chi connectivity index (χ3n) is 2.89. The van der Waals surface area contributed by atoms with Crippen LogP contribution >= 0.6 is 0 Å². The lowest BCUT2D eigenvalue weighted by molar-refractivity contribution is -0.139. The van der Waals surface area contributed by atoms with Crippen LogP contribution in [0.25, 0.3) is 0 Å². The van der Waals surface area contributed by atoms with E-state index in [2.05, 4.69) is 5.32 Å². The van der Waals surface area contributed by atoms with Gasteiger partial charge < -0.3 is 4.74 Å². The van der Waals surface area contributed by atoms with Gasteiger partial charge in [-0.05, 0) is 20.3 Å². The minimum Gasteiger partial charge on any atom is -0.369 e. The fraction of sp³-hybridized carbons (Fsp3) is 0.667. The topological polar surface area (TPSA) is 58.6 Å². The number of amides is 2. The molecule has 0 aromatic rings. The summed E-state index contributed by atoms with van der Waals surface area (Å²) in [6.07, 6.45) is 2.96. The van der Waals surface area contributed by atoms with Gasteiger partial charge in [0.25, 0.3) is 0 Å². The van der Waals surface area contributed by atoms with Gasteiger partial charge in [-0.1, -0.05) is 11.6 Å². The second kappa shape index (κ2) is 6.51. The molecule has 0 aromatic carbocycles. The molecule has 1 saturated heterocycles. The second-order valence-electron chi connectivity index (χ2n) is 4.27. The summed E-state index contributed by atoms with van der Waals surface area (Å²) in [5.41, 5.74) is 1.17. The first-order valence-electron chi connectivity index (χ1n) is 5.77. The molecule has 5 nitrogen and oxygen atoms in total. The van der Waals surface area contributed by atoms with Crippen molar-refractivity contribution in [1.29, 1.82) is 0 Å². The number of hydrogen-bond acceptors (Lipinski definition) is 4. The molecule has 1 rings (SSSR count). The average molecular weight is 240 g/mol. The highest BCUT2D eigenvalue weighted by molar-refractivity contribution is 6.00. The molecule has 1 N–H and O–H groups in total. The number of carbonyl (C=O) groups is 2. The number of ether oxygens (including phenoxy) is 1. The van der Waals surface area contributed by atoms with Crippen LogP contribution in [0.5, 0.6) is 0 Å². The highest BCUT2D eigenvalue weighted by Crippen LogP contribution is 2.14. The van der Waals surface area contributed by atoms with Gasteiger partial charge in [0, 0.05) is 20.1 Å². The Morgan fingerprint density at radius 3 is 2.82 bits per heavy atom. The normalized spacial score (nSPS) is 21.9. The summed E-state index contributed by atoms with van der Waals surface area (Å²) >= 11 is 0. The molecular formula is C12H20N2O3. The maximum atomic E-state index is 11.7. The van der Waals surface area contributed by atoms with Crippen LogP contribution in [0.1, 0.15) is 26.7 Å². The summed E-state index contributed by atoms with van der Waals surface area (Å²) in [6, 6.07) is -0.275. The Balaban J connectivity index is 2.69. The van der Waals surface area contributed by atoms with Gasteiger partial charge in [0.2, 0.25) is 11.8 Å². The van der Waals surface area contributed by atoms with Crippen molar-refractivity contribution in [3.05, 3.63) is 11.6 Å². The van der Waals surface area contributed by atoms with E-state index in [1.165, 1.54) is 5.57 Å². The molecule has 96 valence electrons. The van der Waals surface area contributed by atoms with Crippen LogP contribution in [0.15, 0.2) is 11.6 Å². The molecule has 0 saturated carbocycles. The maximum Gasteiger partial charge on any atom is 0.243 e. The third kappa shape index (κ3) is 3.94. The predicted octanol–water partition coefficient (Wildman–Crippen LogP) is 0.664. The van der Waals surface area contributed by atoms with Crippen molar-refractivity contribution in [2.24, 2.45) is 0 Å². The zero-order valence-corrected chi connectivity index (χ0v) is 10.7. The first-order valence-corrected chi connectivity index (χ1v) is 5.77. The van der Waals surface area contributed by atoms with Crippen LogP contribution < -0.4 is 5.32 Å². The number of imide groups is 1. The first kappa shape index (κ1) is 13.9. The Bertz CT molecular complexity index is 326. The van der Waals surface area contributed by atoms with Crippen LogP contribution in [0, 0.1) is 0 Å². The van der Waals surface area contributed by atoms with Crippen molar-refractivity contribution in [3.8, 4) is 0 Å². The molecule has 0 aromatic heterocycles. The second-order valence-corrected chi connectivity index (χ2v) is 4.27. The summed E-state index contributed by atoms with van der Waals surface area (Å²) < 4.78 is 5.11. The Labute approximate surface area is 102 Å². The van der Waals surface area contributed by atoms with Crippen molar-refractivity contribution >= 4 is 11.8 Å². The van der Waals surface area contributed by atoms with Gasteiger partial charge in [0.05, 0.1) is 12.8 Å². The molecular weight excluding hydrogens is 220 g/mol. The number of methoxy groups -OCH3 is 1. The van der Waals surface area contributed by atoms with E-state index < -0.39 is 0 Å². The number of piperidine rings is 1. The maximum absolute atomic E-state index is 11.7. The standard InChI is InChI=1S/C12H20N2O3/c1-4-9(2)7-14(8-17-3)10-5-6-11(15)13-12(10)16/h4,10H,5-8H2,1-3H3,(H,13,15,16)/b9-4+. The van der Waals surface area contributed by atoms with E-state index >= 15 is 0 Å². The van der Waals surface area contributed by atoms with Crippen LogP contribution in [0.4, 0.5) is 0 Å². The van der Waals surface area contributed by atoms with E-state index in [0.29, 0.717) is 26.1 Å². The monoisotopic (exact) mass is 240 g/mol. The van der Waals surface area contributed by atoms with Gasteiger partial charge in [0.15, 0.2) is 0 Å². The van der Waals surface area contributed by atoms with E-state index in [1.807, 2.05) is 24.8 Å². The fourth-order valence-electron chi connectivity index (χ4n) is 1.85. The number of hydrogen-bond donors (Lipinski definition) is 1. The number of rotatable bonds is 5. The molecule has 1 fully saturated rings. The van der Waals surface area contributed by atoms with Gasteiger partial charge in [0.1, 0.15) is 0 Å². The van der Waals surface area contributed by atoms with E-state index in [0.717, 1.165) is 0 Å². The summed E-state index contributed by atoms with van der Waals surface area (Å²) in [5, 5.41) is 2.36. The van der Waals surface area contributed by atoms with E-state index in [4.69, 9.17) is 4.74 Å². The quantitative estimate of drug-likeness (QED) is 0.436. The van der Waals surface area contributed by atoms with E-state index in [-0.39, 0.29) is 17.9 Å². The molecule has 1 aliphatic rings. The molecule has 2 amide bonds. The van der Waals surface area contributed by atoms with Crippen LogP contribution in [-0.2, 0) is 14.3 Å². The van der Waals surface area contributed by atoms with Crippen LogP contribution in [0.2, 0.25) is 0 Å². The van der Waals surface area contributed by atoms with Crippen molar-refractivity contribution in [2.45, 2.75) is 32.7 Å². The number of carbonyl (C=O) groups excluding carboxylic acids is 2. The average Bonchev–Trinajstić information content (AvgIpc) is 2.28. The summed E-state index contributed by atoms with van der Waals surface area (Å²) in [4.78, 5) is 24.8. The molecule has 0 radical (unpaired) electrons. The molecule has 0 spiro atoms. The highest BCUT2D eigenvalue weighted by Gasteiger charge is 2.31. The minimum absolute atomic E-state index is 0.189. The lowest BCUT2D eigenvalue weighted by Crippen LogP contribution is -2.53. The highest BCUT2D eigenvalue weighted by atomic mass is 16.5. The molecule has 1 aliphatic heterocycles. The largest absolute Gasteiger partial charge is 0.369 e. The molecule has 1 unspecified atom stereocenters. The van der Waals surface area contributed by atoms with Crippen molar-refractivity contribution < 1.29 is 14.3 Å². The van der Waals surface area contributed by atoms with Gasteiger partial charge >= 0.3 is 0 Å². The number of nitrogens with one attached hydrogen (secondary N) is 1. The first-order chi connectivity index (χ1) is 8.08. The lowest BCUT2D eigenvalue weighted by Gasteiger charge is -2.32. The Kier molecular flexibility index (Phi) is 5.31. The summed E-state index contributed by atoms with van der Waals surface area (Å²) in [7, 11) is 1.60. The number of nitrogens with zero attached hydrogens (tertiary/aromatic N) is 1. The van der Waals surface area contributed by atoms with Crippen molar-refractivity contribution in [2.75, 3.05) is 20.4 Å². The molecule has 0 aliphatic carbocycles. The Morgan fingerprint density at radius 2 is 2.29 bits per heavy atom. The van der Waals surface area contributed by atoms with Crippen molar-refractivity contribution in [1.82, 2.24) is 10.2 Å². The fourth-order valence-corrected chi connectivity index (χ4v) is 1.85. The van der Waals surface area contributed by atoms with Crippen LogP contribution in [-0.4, -0.2) is 43.1 Å². The zero-order valence-electron chi connectivity index (χ0n) is 10.7. The van der Waals surface area contributed by atoms with Gasteiger partial charge in [-0.25, -0.2) is 0 Å².